The van der Waals surface area contributed by atoms with Crippen molar-refractivity contribution in [2.24, 2.45) is 0 Å². The average Bonchev–Trinajstić information content (AvgIpc) is 3.14. The molecule has 1 aromatic heterocycles. The van der Waals surface area contributed by atoms with Crippen LogP contribution in [-0.4, -0.2) is 32.7 Å². The number of nitrogens with one attached hydrogen (secondary N) is 1. The van der Waals surface area contributed by atoms with Crippen LogP contribution in [0.15, 0.2) is 65.1 Å². The summed E-state index contributed by atoms with van der Waals surface area (Å²) in [4.78, 5) is 24.5. The fourth-order valence-corrected chi connectivity index (χ4v) is 3.17. The second-order valence-corrected chi connectivity index (χ2v) is 6.50. The lowest BCUT2D eigenvalue weighted by atomic mass is 10.1. The van der Waals surface area contributed by atoms with Crippen molar-refractivity contribution < 1.29 is 28.2 Å². The van der Waals surface area contributed by atoms with Crippen molar-refractivity contribution in [2.75, 3.05) is 26.1 Å². The molecule has 0 radical (unpaired) electrons. The molecule has 4 aromatic rings. The Labute approximate surface area is 172 Å². The largest absolute Gasteiger partial charge is 0.497 e. The van der Waals surface area contributed by atoms with Crippen molar-refractivity contribution in [3.05, 3.63) is 66.2 Å². The highest BCUT2D eigenvalue weighted by Crippen LogP contribution is 2.36. The van der Waals surface area contributed by atoms with Crippen LogP contribution in [0.3, 0.4) is 0 Å². The molecule has 0 aliphatic heterocycles. The Hall–Kier alpha value is -4.00. The molecule has 3 aromatic carbocycles. The SMILES string of the molecule is COc1cccc(C(=O)OCC(=O)Nc2cc3oc4ccccc4c3cc2OC)c1. The van der Waals surface area contributed by atoms with Crippen LogP contribution < -0.4 is 14.8 Å². The van der Waals surface area contributed by atoms with Gasteiger partial charge >= 0.3 is 5.97 Å². The molecule has 30 heavy (non-hydrogen) atoms. The molecule has 4 rings (SSSR count). The Morgan fingerprint density at radius 1 is 0.900 bits per heavy atom. The minimum absolute atomic E-state index is 0.295. The summed E-state index contributed by atoms with van der Waals surface area (Å²) in [6.07, 6.45) is 0. The van der Waals surface area contributed by atoms with Gasteiger partial charge in [0.15, 0.2) is 6.61 Å². The monoisotopic (exact) mass is 405 g/mol. The summed E-state index contributed by atoms with van der Waals surface area (Å²) >= 11 is 0. The quantitative estimate of drug-likeness (QED) is 0.479. The lowest BCUT2D eigenvalue weighted by Gasteiger charge is -2.11. The van der Waals surface area contributed by atoms with Crippen LogP contribution in [0.25, 0.3) is 21.9 Å². The van der Waals surface area contributed by atoms with Crippen LogP contribution >= 0.6 is 0 Å². The smallest absolute Gasteiger partial charge is 0.338 e. The highest BCUT2D eigenvalue weighted by Gasteiger charge is 2.16. The van der Waals surface area contributed by atoms with Gasteiger partial charge in [-0.05, 0) is 30.3 Å². The summed E-state index contributed by atoms with van der Waals surface area (Å²) in [7, 11) is 3.02. The van der Waals surface area contributed by atoms with E-state index in [0.717, 1.165) is 16.4 Å². The van der Waals surface area contributed by atoms with Crippen molar-refractivity contribution in [3.8, 4) is 11.5 Å². The summed E-state index contributed by atoms with van der Waals surface area (Å²) in [5.41, 5.74) is 2.07. The molecule has 7 nitrogen and oxygen atoms in total. The molecule has 0 aliphatic carbocycles. The van der Waals surface area contributed by atoms with E-state index in [0.29, 0.717) is 28.3 Å². The highest BCUT2D eigenvalue weighted by atomic mass is 16.5. The summed E-state index contributed by atoms with van der Waals surface area (Å²) < 4.78 is 21.4. The molecule has 0 atom stereocenters. The van der Waals surface area contributed by atoms with E-state index in [1.807, 2.05) is 24.3 Å². The van der Waals surface area contributed by atoms with Crippen LogP contribution in [0.2, 0.25) is 0 Å². The van der Waals surface area contributed by atoms with Gasteiger partial charge < -0.3 is 23.9 Å². The number of furan rings is 1. The molecule has 0 saturated carbocycles. The number of amides is 1. The Bertz CT molecular complexity index is 1240. The molecule has 1 heterocycles. The number of hydrogen-bond acceptors (Lipinski definition) is 6. The number of benzene rings is 3. The molecule has 7 heteroatoms. The molecular weight excluding hydrogens is 386 g/mol. The molecule has 0 bridgehead atoms. The van der Waals surface area contributed by atoms with E-state index in [2.05, 4.69) is 5.32 Å². The van der Waals surface area contributed by atoms with Crippen molar-refractivity contribution >= 4 is 39.5 Å². The first-order valence-electron chi connectivity index (χ1n) is 9.19. The molecule has 0 spiro atoms. The third-order valence-electron chi connectivity index (χ3n) is 4.61. The molecule has 152 valence electrons. The fourth-order valence-electron chi connectivity index (χ4n) is 3.17. The van der Waals surface area contributed by atoms with Gasteiger partial charge in [0.25, 0.3) is 5.91 Å². The van der Waals surface area contributed by atoms with Crippen LogP contribution in [0.1, 0.15) is 10.4 Å². The number of para-hydroxylation sites is 1. The van der Waals surface area contributed by atoms with E-state index in [4.69, 9.17) is 18.6 Å². The van der Waals surface area contributed by atoms with Crippen LogP contribution in [0, 0.1) is 0 Å². The minimum atomic E-state index is -0.622. The standard InChI is InChI=1S/C23H19NO6/c1-27-15-7-5-6-14(10-15)23(26)29-13-22(25)24-18-12-20-17(11-21(18)28-2)16-8-3-4-9-19(16)30-20/h3-12H,13H2,1-2H3,(H,24,25). The predicted octanol–water partition coefficient (Wildman–Crippen LogP) is 4.40. The van der Waals surface area contributed by atoms with Gasteiger partial charge in [-0.25, -0.2) is 4.79 Å². The van der Waals surface area contributed by atoms with Crippen LogP contribution in [0.4, 0.5) is 5.69 Å². The van der Waals surface area contributed by atoms with E-state index in [9.17, 15) is 9.59 Å². The second kappa shape index (κ2) is 8.16. The Balaban J connectivity index is 1.49. The van der Waals surface area contributed by atoms with Gasteiger partial charge in [0.1, 0.15) is 22.7 Å². The summed E-state index contributed by atoms with van der Waals surface area (Å²) in [6.45, 7) is -0.447. The summed E-state index contributed by atoms with van der Waals surface area (Å²) in [5.74, 6) is -0.122. The molecule has 1 amide bonds. The number of methoxy groups -OCH3 is 2. The normalized spacial score (nSPS) is 10.7. The van der Waals surface area contributed by atoms with Gasteiger partial charge in [0.05, 0.1) is 25.5 Å². The zero-order chi connectivity index (χ0) is 21.1. The first kappa shape index (κ1) is 19.3. The lowest BCUT2D eigenvalue weighted by molar-refractivity contribution is -0.119. The number of carbonyl (C=O) groups is 2. The molecule has 0 unspecified atom stereocenters. The maximum Gasteiger partial charge on any atom is 0.338 e. The second-order valence-electron chi connectivity index (χ2n) is 6.50. The third-order valence-corrected chi connectivity index (χ3v) is 4.61. The van der Waals surface area contributed by atoms with Gasteiger partial charge in [-0.1, -0.05) is 24.3 Å². The Morgan fingerprint density at radius 2 is 1.73 bits per heavy atom. The zero-order valence-electron chi connectivity index (χ0n) is 16.4. The van der Waals surface area contributed by atoms with Crippen molar-refractivity contribution in [3.63, 3.8) is 0 Å². The van der Waals surface area contributed by atoms with Gasteiger partial charge in [-0.2, -0.15) is 0 Å². The average molecular weight is 405 g/mol. The molecule has 1 N–H and O–H groups in total. The van der Waals surface area contributed by atoms with E-state index in [1.54, 1.807) is 36.4 Å². The van der Waals surface area contributed by atoms with E-state index < -0.39 is 18.5 Å². The van der Waals surface area contributed by atoms with Crippen LogP contribution in [0.5, 0.6) is 11.5 Å². The number of anilines is 1. The number of ether oxygens (including phenoxy) is 3. The minimum Gasteiger partial charge on any atom is -0.497 e. The van der Waals surface area contributed by atoms with Crippen molar-refractivity contribution in [1.29, 1.82) is 0 Å². The first-order chi connectivity index (χ1) is 14.6. The summed E-state index contributed by atoms with van der Waals surface area (Å²) in [6, 6.07) is 17.6. The van der Waals surface area contributed by atoms with Gasteiger partial charge in [0, 0.05) is 16.8 Å². The van der Waals surface area contributed by atoms with Crippen molar-refractivity contribution in [1.82, 2.24) is 0 Å². The lowest BCUT2D eigenvalue weighted by Crippen LogP contribution is -2.21. The van der Waals surface area contributed by atoms with Gasteiger partial charge in [-0.15, -0.1) is 0 Å². The fraction of sp³-hybridized carbons (Fsp3) is 0.130. The molecule has 0 aliphatic rings. The zero-order valence-corrected chi connectivity index (χ0v) is 16.4. The highest BCUT2D eigenvalue weighted by molar-refractivity contribution is 6.08. The van der Waals surface area contributed by atoms with E-state index in [-0.39, 0.29) is 0 Å². The maximum absolute atomic E-state index is 12.3. The number of esters is 1. The Kier molecular flexibility index (Phi) is 5.26. The maximum atomic E-state index is 12.3. The molecule has 0 saturated heterocycles. The topological polar surface area (TPSA) is 87.0 Å². The Morgan fingerprint density at radius 3 is 2.53 bits per heavy atom. The summed E-state index contributed by atoms with van der Waals surface area (Å²) in [5, 5.41) is 4.54. The molecule has 0 fully saturated rings. The predicted molar refractivity (Wildman–Crippen MR) is 112 cm³/mol. The van der Waals surface area contributed by atoms with E-state index in [1.165, 1.54) is 14.2 Å². The van der Waals surface area contributed by atoms with Gasteiger partial charge in [-0.3, -0.25) is 4.79 Å². The third kappa shape index (κ3) is 3.77. The number of hydrogen-bond donors (Lipinski definition) is 1. The number of carbonyl (C=O) groups excluding carboxylic acids is 2. The van der Waals surface area contributed by atoms with Crippen molar-refractivity contribution in [2.45, 2.75) is 0 Å². The molecular formula is C23H19NO6. The van der Waals surface area contributed by atoms with Gasteiger partial charge in [0.2, 0.25) is 0 Å². The number of rotatable bonds is 6. The van der Waals surface area contributed by atoms with Crippen LogP contribution in [-0.2, 0) is 9.53 Å². The van der Waals surface area contributed by atoms with E-state index >= 15 is 0 Å². The first-order valence-corrected chi connectivity index (χ1v) is 9.19. The number of fused-ring (bicyclic) bond motifs is 3.